The number of carbonyl (C=O) groups is 1. The van der Waals surface area contributed by atoms with Crippen LogP contribution in [0.3, 0.4) is 0 Å². The normalized spacial score (nSPS) is 10.4. The van der Waals surface area contributed by atoms with E-state index < -0.39 is 5.97 Å². The highest BCUT2D eigenvalue weighted by Gasteiger charge is 2.13. The highest BCUT2D eigenvalue weighted by atomic mass is 35.5. The number of hydrogen-bond acceptors (Lipinski definition) is 5. The van der Waals surface area contributed by atoms with Crippen molar-refractivity contribution in [1.82, 2.24) is 9.97 Å². The first-order chi connectivity index (χ1) is 11.6. The van der Waals surface area contributed by atoms with Gasteiger partial charge in [0.05, 0.1) is 22.0 Å². The van der Waals surface area contributed by atoms with E-state index in [4.69, 9.17) is 27.2 Å². The molecule has 0 amide bonds. The van der Waals surface area contributed by atoms with Crippen molar-refractivity contribution in [3.8, 4) is 22.8 Å². The van der Waals surface area contributed by atoms with Crippen molar-refractivity contribution in [2.24, 2.45) is 0 Å². The van der Waals surface area contributed by atoms with Crippen LogP contribution in [0.1, 0.15) is 10.4 Å². The predicted octanol–water partition coefficient (Wildman–Crippen LogP) is 3.87. The largest absolute Gasteiger partial charge is 0.478 e. The summed E-state index contributed by atoms with van der Waals surface area (Å²) < 4.78 is 5.74. The van der Waals surface area contributed by atoms with Crippen LogP contribution in [0.25, 0.3) is 11.3 Å². The van der Waals surface area contributed by atoms with Gasteiger partial charge in [-0.05, 0) is 30.3 Å². The van der Waals surface area contributed by atoms with Crippen molar-refractivity contribution < 1.29 is 14.6 Å². The lowest BCUT2D eigenvalue weighted by molar-refractivity contribution is 0.0697. The van der Waals surface area contributed by atoms with Crippen molar-refractivity contribution in [3.05, 3.63) is 65.6 Å². The molecule has 0 atom stereocenters. The fourth-order valence-electron chi connectivity index (χ4n) is 2.14. The summed E-state index contributed by atoms with van der Waals surface area (Å²) in [5.41, 5.74) is 8.01. The summed E-state index contributed by atoms with van der Waals surface area (Å²) in [6.45, 7) is 0. The zero-order valence-electron chi connectivity index (χ0n) is 12.3. The molecule has 0 radical (unpaired) electrons. The molecule has 1 heterocycles. The van der Waals surface area contributed by atoms with Gasteiger partial charge in [0.25, 0.3) is 0 Å². The first-order valence-electron chi connectivity index (χ1n) is 6.92. The number of ether oxygens (including phenoxy) is 1. The van der Waals surface area contributed by atoms with Gasteiger partial charge in [-0.3, -0.25) is 0 Å². The van der Waals surface area contributed by atoms with Crippen LogP contribution < -0.4 is 10.5 Å². The van der Waals surface area contributed by atoms with E-state index in [1.165, 1.54) is 24.5 Å². The number of aromatic nitrogens is 2. The van der Waals surface area contributed by atoms with Gasteiger partial charge >= 0.3 is 5.97 Å². The molecule has 24 heavy (non-hydrogen) atoms. The lowest BCUT2D eigenvalue weighted by atomic mass is 10.1. The quantitative estimate of drug-likeness (QED) is 0.699. The van der Waals surface area contributed by atoms with Crippen molar-refractivity contribution >= 4 is 23.3 Å². The van der Waals surface area contributed by atoms with Gasteiger partial charge in [0.1, 0.15) is 12.1 Å². The van der Waals surface area contributed by atoms with Crippen LogP contribution in [0, 0.1) is 0 Å². The van der Waals surface area contributed by atoms with Crippen LogP contribution in [0.5, 0.6) is 11.5 Å². The van der Waals surface area contributed by atoms with Gasteiger partial charge in [0.2, 0.25) is 0 Å². The Bertz CT molecular complexity index is 901. The minimum absolute atomic E-state index is 0.0788. The number of anilines is 1. The smallest absolute Gasteiger partial charge is 0.335 e. The summed E-state index contributed by atoms with van der Waals surface area (Å²) >= 11 is 6.08. The molecule has 0 fully saturated rings. The number of halogens is 1. The first-order valence-corrected chi connectivity index (χ1v) is 7.29. The third kappa shape index (κ3) is 3.13. The molecule has 0 spiro atoms. The molecule has 1 aromatic heterocycles. The third-order valence-electron chi connectivity index (χ3n) is 3.32. The molecule has 0 bridgehead atoms. The Labute approximate surface area is 142 Å². The molecular formula is C17H12ClN3O3. The lowest BCUT2D eigenvalue weighted by Gasteiger charge is -2.13. The molecular weight excluding hydrogens is 330 g/mol. The number of aromatic carboxylic acids is 1. The molecule has 0 aliphatic heterocycles. The van der Waals surface area contributed by atoms with Crippen molar-refractivity contribution in [1.29, 1.82) is 0 Å². The van der Waals surface area contributed by atoms with Crippen LogP contribution >= 0.6 is 11.6 Å². The summed E-state index contributed by atoms with van der Waals surface area (Å²) in [6, 6.07) is 11.3. The monoisotopic (exact) mass is 341 g/mol. The van der Waals surface area contributed by atoms with E-state index in [2.05, 4.69) is 9.97 Å². The highest BCUT2D eigenvalue weighted by Crippen LogP contribution is 2.37. The molecule has 2 aromatic carbocycles. The molecule has 7 heteroatoms. The minimum atomic E-state index is -1.06. The average Bonchev–Trinajstić information content (AvgIpc) is 2.59. The Balaban J connectivity index is 1.96. The Kier molecular flexibility index (Phi) is 4.31. The highest BCUT2D eigenvalue weighted by molar-refractivity contribution is 6.32. The van der Waals surface area contributed by atoms with Gasteiger partial charge in [0.15, 0.2) is 5.75 Å². The number of hydrogen-bond donors (Lipinski definition) is 2. The number of carboxylic acids is 1. The first kappa shape index (κ1) is 15.8. The zero-order chi connectivity index (χ0) is 17.1. The van der Waals surface area contributed by atoms with E-state index in [-0.39, 0.29) is 10.6 Å². The van der Waals surface area contributed by atoms with E-state index in [0.29, 0.717) is 28.4 Å². The molecule has 3 N–H and O–H groups in total. The summed E-state index contributed by atoms with van der Waals surface area (Å²) in [4.78, 5) is 19.0. The van der Waals surface area contributed by atoms with E-state index in [1.54, 1.807) is 24.4 Å². The number of nitrogens with zero attached hydrogens (tertiary/aromatic N) is 2. The van der Waals surface area contributed by atoms with E-state index in [1.807, 2.05) is 6.07 Å². The van der Waals surface area contributed by atoms with Crippen molar-refractivity contribution in [3.63, 3.8) is 0 Å². The molecule has 3 rings (SSSR count). The second-order valence-corrected chi connectivity index (χ2v) is 5.27. The average molecular weight is 342 g/mol. The number of para-hydroxylation sites is 1. The second-order valence-electron chi connectivity index (χ2n) is 4.86. The van der Waals surface area contributed by atoms with E-state index in [0.717, 1.165) is 0 Å². The van der Waals surface area contributed by atoms with E-state index in [9.17, 15) is 4.79 Å². The Morgan fingerprint density at radius 3 is 2.67 bits per heavy atom. The maximum atomic E-state index is 10.9. The van der Waals surface area contributed by atoms with Crippen LogP contribution in [0.15, 0.2) is 55.0 Å². The zero-order valence-corrected chi connectivity index (χ0v) is 13.1. The Morgan fingerprint density at radius 2 is 2.00 bits per heavy atom. The van der Waals surface area contributed by atoms with Crippen LogP contribution in [-0.4, -0.2) is 21.0 Å². The summed E-state index contributed by atoms with van der Waals surface area (Å²) in [6.07, 6.45) is 3.06. The van der Waals surface area contributed by atoms with Crippen LogP contribution in [0.2, 0.25) is 5.02 Å². The molecule has 0 aliphatic carbocycles. The van der Waals surface area contributed by atoms with Crippen molar-refractivity contribution in [2.75, 3.05) is 5.73 Å². The minimum Gasteiger partial charge on any atom is -0.478 e. The number of nitrogen functional groups attached to an aromatic ring is 1. The number of nitrogens with two attached hydrogens (primary N) is 1. The maximum absolute atomic E-state index is 10.9. The molecule has 0 saturated carbocycles. The molecule has 3 aromatic rings. The fourth-order valence-corrected chi connectivity index (χ4v) is 2.36. The fraction of sp³-hybridized carbons (Fsp3) is 0. The van der Waals surface area contributed by atoms with Gasteiger partial charge < -0.3 is 15.6 Å². The summed E-state index contributed by atoms with van der Waals surface area (Å²) in [5, 5.41) is 9.15. The standard InChI is InChI=1S/C17H12ClN3O3/c18-12-8-10(17(22)23)4-5-14(12)24-15-3-1-2-11(16(15)19)13-6-7-20-9-21-13/h1-9H,19H2,(H,22,23). The summed E-state index contributed by atoms with van der Waals surface area (Å²) in [5.74, 6) is -0.349. The van der Waals surface area contributed by atoms with Gasteiger partial charge in [0, 0.05) is 11.8 Å². The molecule has 0 saturated heterocycles. The predicted molar refractivity (Wildman–Crippen MR) is 90.4 cm³/mol. The maximum Gasteiger partial charge on any atom is 0.335 e. The number of carboxylic acid groups (broad SMARTS) is 1. The Morgan fingerprint density at radius 1 is 1.17 bits per heavy atom. The third-order valence-corrected chi connectivity index (χ3v) is 3.62. The number of rotatable bonds is 4. The molecule has 6 nitrogen and oxygen atoms in total. The van der Waals surface area contributed by atoms with E-state index >= 15 is 0 Å². The van der Waals surface area contributed by atoms with Gasteiger partial charge in [-0.25, -0.2) is 14.8 Å². The SMILES string of the molecule is Nc1c(Oc2ccc(C(=O)O)cc2Cl)cccc1-c1ccncn1. The van der Waals surface area contributed by atoms with Crippen LogP contribution in [0.4, 0.5) is 5.69 Å². The Hall–Kier alpha value is -3.12. The second kappa shape index (κ2) is 6.55. The number of benzene rings is 2. The lowest BCUT2D eigenvalue weighted by Crippen LogP contribution is -1.98. The van der Waals surface area contributed by atoms with Crippen LogP contribution in [-0.2, 0) is 0 Å². The van der Waals surface area contributed by atoms with Crippen molar-refractivity contribution in [2.45, 2.75) is 0 Å². The molecule has 0 unspecified atom stereocenters. The summed E-state index contributed by atoms with van der Waals surface area (Å²) in [7, 11) is 0. The van der Waals surface area contributed by atoms with Gasteiger partial charge in [-0.1, -0.05) is 23.7 Å². The van der Waals surface area contributed by atoms with Gasteiger partial charge in [-0.15, -0.1) is 0 Å². The van der Waals surface area contributed by atoms with Gasteiger partial charge in [-0.2, -0.15) is 0 Å². The topological polar surface area (TPSA) is 98.3 Å². The molecule has 0 aliphatic rings. The molecule has 120 valence electrons.